The first kappa shape index (κ1) is 19.5. The molecule has 0 aliphatic heterocycles. The van der Waals surface area contributed by atoms with E-state index >= 15 is 0 Å². The molecule has 0 aliphatic carbocycles. The van der Waals surface area contributed by atoms with Crippen LogP contribution in [0.5, 0.6) is 0 Å². The minimum absolute atomic E-state index is 0.0176. The summed E-state index contributed by atoms with van der Waals surface area (Å²) in [4.78, 5) is 16.3. The molecule has 3 rings (SSSR count). The number of rotatable bonds is 6. The molecule has 0 unspecified atom stereocenters. The summed E-state index contributed by atoms with van der Waals surface area (Å²) < 4.78 is 37.3. The van der Waals surface area contributed by atoms with Gasteiger partial charge in [0.05, 0.1) is 16.3 Å². The maximum Gasteiger partial charge on any atom is 0.227 e. The van der Waals surface area contributed by atoms with Gasteiger partial charge in [-0.1, -0.05) is 23.7 Å². The second kappa shape index (κ2) is 8.16. The molecule has 0 spiro atoms. The van der Waals surface area contributed by atoms with Crippen LogP contribution in [0.1, 0.15) is 6.42 Å². The second-order valence-corrected chi connectivity index (χ2v) is 9.02. The number of sulfone groups is 1. The molecule has 0 radical (unpaired) electrons. The van der Waals surface area contributed by atoms with Gasteiger partial charge < -0.3 is 5.32 Å². The van der Waals surface area contributed by atoms with E-state index in [0.717, 1.165) is 17.7 Å². The van der Waals surface area contributed by atoms with Crippen LogP contribution in [0, 0.1) is 5.82 Å². The Labute approximate surface area is 164 Å². The van der Waals surface area contributed by atoms with Crippen molar-refractivity contribution in [1.29, 1.82) is 0 Å². The van der Waals surface area contributed by atoms with Crippen LogP contribution >= 0.6 is 22.9 Å². The van der Waals surface area contributed by atoms with Gasteiger partial charge in [0.15, 0.2) is 15.0 Å². The first-order chi connectivity index (χ1) is 12.8. The van der Waals surface area contributed by atoms with Crippen molar-refractivity contribution >= 4 is 43.8 Å². The number of hydrogen-bond acceptors (Lipinski definition) is 5. The standard InChI is InChI=1S/C18H14ClFN2O3S2/c19-13-3-1-12(2-4-13)16-11-26-18(21-16)22-17(23)9-10-27(24,25)15-7-5-14(20)6-8-15/h1-8,11H,9-10H2,(H,21,22,23). The molecule has 1 aromatic heterocycles. The average molecular weight is 425 g/mol. The summed E-state index contributed by atoms with van der Waals surface area (Å²) in [5.74, 6) is -1.36. The number of carbonyl (C=O) groups excluding carboxylic acids is 1. The molecule has 140 valence electrons. The number of anilines is 1. The molecule has 0 saturated carbocycles. The van der Waals surface area contributed by atoms with Gasteiger partial charge >= 0.3 is 0 Å². The van der Waals surface area contributed by atoms with Crippen molar-refractivity contribution in [2.75, 3.05) is 11.1 Å². The van der Waals surface area contributed by atoms with Gasteiger partial charge in [-0.2, -0.15) is 0 Å². The lowest BCUT2D eigenvalue weighted by atomic mass is 10.2. The molecule has 9 heteroatoms. The van der Waals surface area contributed by atoms with Crippen molar-refractivity contribution in [3.05, 3.63) is 64.8 Å². The maximum atomic E-state index is 12.9. The smallest absolute Gasteiger partial charge is 0.227 e. The van der Waals surface area contributed by atoms with Crippen molar-refractivity contribution in [1.82, 2.24) is 4.98 Å². The lowest BCUT2D eigenvalue weighted by Gasteiger charge is -2.04. The molecule has 1 amide bonds. The first-order valence-corrected chi connectivity index (χ1v) is 10.7. The highest BCUT2D eigenvalue weighted by Gasteiger charge is 2.17. The topological polar surface area (TPSA) is 76.1 Å². The fourth-order valence-electron chi connectivity index (χ4n) is 2.25. The van der Waals surface area contributed by atoms with Crippen LogP contribution in [0.4, 0.5) is 9.52 Å². The maximum absolute atomic E-state index is 12.9. The number of nitrogens with zero attached hydrogens (tertiary/aromatic N) is 1. The van der Waals surface area contributed by atoms with Crippen molar-refractivity contribution in [2.24, 2.45) is 0 Å². The molecule has 27 heavy (non-hydrogen) atoms. The predicted octanol–water partition coefficient (Wildman–Crippen LogP) is 4.41. The third kappa shape index (κ3) is 5.12. The number of aromatic nitrogens is 1. The molecule has 2 aromatic carbocycles. The van der Waals surface area contributed by atoms with E-state index in [1.54, 1.807) is 17.5 Å². The number of thiazole rings is 1. The second-order valence-electron chi connectivity index (χ2n) is 5.62. The summed E-state index contributed by atoms with van der Waals surface area (Å²) in [6.45, 7) is 0. The Morgan fingerprint density at radius 2 is 1.78 bits per heavy atom. The molecule has 5 nitrogen and oxygen atoms in total. The van der Waals surface area contributed by atoms with E-state index < -0.39 is 21.6 Å². The normalized spacial score (nSPS) is 11.3. The Balaban J connectivity index is 1.59. The summed E-state index contributed by atoms with van der Waals surface area (Å²) in [6, 6.07) is 11.6. The molecule has 1 N–H and O–H groups in total. The largest absolute Gasteiger partial charge is 0.302 e. The van der Waals surface area contributed by atoms with Gasteiger partial charge in [-0.25, -0.2) is 17.8 Å². The molecular weight excluding hydrogens is 411 g/mol. The van der Waals surface area contributed by atoms with Crippen LogP contribution in [-0.4, -0.2) is 25.1 Å². The lowest BCUT2D eigenvalue weighted by Crippen LogP contribution is -2.17. The summed E-state index contributed by atoms with van der Waals surface area (Å²) >= 11 is 7.10. The number of benzene rings is 2. The van der Waals surface area contributed by atoms with Gasteiger partial charge in [-0.3, -0.25) is 4.79 Å². The molecular formula is C18H14ClFN2O3S2. The summed E-state index contributed by atoms with van der Waals surface area (Å²) in [6.07, 6.45) is -0.227. The Morgan fingerprint density at radius 1 is 1.11 bits per heavy atom. The van der Waals surface area contributed by atoms with Crippen LogP contribution in [0.2, 0.25) is 5.02 Å². The molecule has 1 heterocycles. The minimum atomic E-state index is -3.66. The van der Waals surface area contributed by atoms with Gasteiger partial charge in [0.25, 0.3) is 0 Å². The van der Waals surface area contributed by atoms with Gasteiger partial charge in [0, 0.05) is 22.4 Å². The van der Waals surface area contributed by atoms with Gasteiger partial charge in [-0.05, 0) is 36.4 Å². The first-order valence-electron chi connectivity index (χ1n) is 7.83. The van der Waals surface area contributed by atoms with Gasteiger partial charge in [-0.15, -0.1) is 11.3 Å². The lowest BCUT2D eigenvalue weighted by molar-refractivity contribution is -0.115. The minimum Gasteiger partial charge on any atom is -0.302 e. The van der Waals surface area contributed by atoms with E-state index in [9.17, 15) is 17.6 Å². The summed E-state index contributed by atoms with van der Waals surface area (Å²) in [5, 5.41) is 5.37. The fourth-order valence-corrected chi connectivity index (χ4v) is 4.36. The summed E-state index contributed by atoms with van der Waals surface area (Å²) in [5.41, 5.74) is 1.54. The third-order valence-electron chi connectivity index (χ3n) is 3.66. The van der Waals surface area contributed by atoms with Crippen molar-refractivity contribution in [3.63, 3.8) is 0 Å². The highest BCUT2D eigenvalue weighted by atomic mass is 35.5. The predicted molar refractivity (Wildman–Crippen MR) is 104 cm³/mol. The van der Waals surface area contributed by atoms with Crippen LogP contribution in [-0.2, 0) is 14.6 Å². The van der Waals surface area contributed by atoms with Gasteiger partial charge in [0.1, 0.15) is 5.82 Å². The zero-order valence-electron chi connectivity index (χ0n) is 13.9. The average Bonchev–Trinajstić information content (AvgIpc) is 3.09. The highest BCUT2D eigenvalue weighted by molar-refractivity contribution is 7.91. The number of nitrogens with one attached hydrogen (secondary N) is 1. The molecule has 0 saturated heterocycles. The van der Waals surface area contributed by atoms with E-state index in [4.69, 9.17) is 11.6 Å². The number of carbonyl (C=O) groups is 1. The monoisotopic (exact) mass is 424 g/mol. The number of halogens is 2. The molecule has 3 aromatic rings. The van der Waals surface area contributed by atoms with Crippen LogP contribution in [0.25, 0.3) is 11.3 Å². The zero-order valence-corrected chi connectivity index (χ0v) is 16.2. The quantitative estimate of drug-likeness (QED) is 0.595. The molecule has 0 fully saturated rings. The van der Waals surface area contributed by atoms with Gasteiger partial charge in [0.2, 0.25) is 5.91 Å². The van der Waals surface area contributed by atoms with Crippen LogP contribution in [0.15, 0.2) is 58.8 Å². The molecule has 0 bridgehead atoms. The summed E-state index contributed by atoms with van der Waals surface area (Å²) in [7, 11) is -3.66. The van der Waals surface area contributed by atoms with Crippen LogP contribution < -0.4 is 5.32 Å². The Kier molecular flexibility index (Phi) is 5.88. The van der Waals surface area contributed by atoms with E-state index in [0.29, 0.717) is 15.8 Å². The van der Waals surface area contributed by atoms with Crippen molar-refractivity contribution < 1.29 is 17.6 Å². The Hall–Kier alpha value is -2.29. The van der Waals surface area contributed by atoms with E-state index in [2.05, 4.69) is 10.3 Å². The van der Waals surface area contributed by atoms with E-state index in [1.165, 1.54) is 23.5 Å². The molecule has 0 aliphatic rings. The van der Waals surface area contributed by atoms with Crippen molar-refractivity contribution in [2.45, 2.75) is 11.3 Å². The fraction of sp³-hybridized carbons (Fsp3) is 0.111. The number of amides is 1. The van der Waals surface area contributed by atoms with Crippen LogP contribution in [0.3, 0.4) is 0 Å². The van der Waals surface area contributed by atoms with E-state index in [-0.39, 0.29) is 17.1 Å². The SMILES string of the molecule is O=C(CCS(=O)(=O)c1ccc(F)cc1)Nc1nc(-c2ccc(Cl)cc2)cs1. The van der Waals surface area contributed by atoms with E-state index in [1.807, 2.05) is 12.1 Å². The highest BCUT2D eigenvalue weighted by Crippen LogP contribution is 2.26. The third-order valence-corrected chi connectivity index (χ3v) is 6.40. The number of hydrogen-bond donors (Lipinski definition) is 1. The molecule has 0 atom stereocenters. The van der Waals surface area contributed by atoms with Crippen molar-refractivity contribution in [3.8, 4) is 11.3 Å². The zero-order chi connectivity index (χ0) is 19.4. The Morgan fingerprint density at radius 3 is 2.44 bits per heavy atom. The Bertz CT molecular complexity index is 1050.